The minimum atomic E-state index is -0.968. The first kappa shape index (κ1) is 9.58. The molecule has 2 N–H and O–H groups in total. The summed E-state index contributed by atoms with van der Waals surface area (Å²) in [6, 6.07) is 7.33. The van der Waals surface area contributed by atoms with Gasteiger partial charge in [0.2, 0.25) is 0 Å². The summed E-state index contributed by atoms with van der Waals surface area (Å²) in [5, 5.41) is 9.69. The first-order valence-electron chi connectivity index (χ1n) is 4.63. The normalized spacial score (nSPS) is 12.6. The van der Waals surface area contributed by atoms with Gasteiger partial charge in [0.05, 0.1) is 0 Å². The molecule has 0 radical (unpaired) electrons. The van der Waals surface area contributed by atoms with Gasteiger partial charge in [-0.1, -0.05) is 0 Å². The van der Waals surface area contributed by atoms with Crippen LogP contribution in [0.5, 0.6) is 5.75 Å². The van der Waals surface area contributed by atoms with Crippen molar-refractivity contribution in [2.75, 3.05) is 0 Å². The summed E-state index contributed by atoms with van der Waals surface area (Å²) in [6.07, 6.45) is 0.996. The molecule has 0 saturated carbocycles. The fourth-order valence-electron chi connectivity index (χ4n) is 1.36. The summed E-state index contributed by atoms with van der Waals surface area (Å²) >= 11 is 0. The van der Waals surface area contributed by atoms with Crippen LogP contribution in [0.1, 0.15) is 6.92 Å². The monoisotopic (exact) mass is 205 g/mol. The van der Waals surface area contributed by atoms with E-state index in [1.807, 2.05) is 24.4 Å². The van der Waals surface area contributed by atoms with Crippen LogP contribution in [0.15, 0.2) is 30.5 Å². The molecule has 2 rings (SSSR count). The topological polar surface area (TPSA) is 62.3 Å². The third kappa shape index (κ3) is 1.93. The quantitative estimate of drug-likeness (QED) is 0.805. The minimum absolute atomic E-state index is 0.567. The van der Waals surface area contributed by atoms with E-state index in [1.165, 1.54) is 6.92 Å². The van der Waals surface area contributed by atoms with E-state index in [4.69, 9.17) is 9.84 Å². The highest BCUT2D eigenvalue weighted by Gasteiger charge is 2.12. The van der Waals surface area contributed by atoms with E-state index in [0.717, 1.165) is 10.9 Å². The second kappa shape index (κ2) is 3.65. The van der Waals surface area contributed by atoms with E-state index >= 15 is 0 Å². The third-order valence-corrected chi connectivity index (χ3v) is 2.19. The van der Waals surface area contributed by atoms with Crippen molar-refractivity contribution >= 4 is 16.9 Å². The lowest BCUT2D eigenvalue weighted by Crippen LogP contribution is -2.22. The zero-order chi connectivity index (χ0) is 10.8. The molecule has 0 bridgehead atoms. The molecule has 0 fully saturated rings. The Labute approximate surface area is 86.5 Å². The highest BCUT2D eigenvalue weighted by molar-refractivity contribution is 5.81. The number of fused-ring (bicyclic) bond motifs is 1. The maximum absolute atomic E-state index is 10.6. The molecular weight excluding hydrogens is 194 g/mol. The average molecular weight is 205 g/mol. The van der Waals surface area contributed by atoms with Crippen LogP contribution in [-0.4, -0.2) is 22.2 Å². The van der Waals surface area contributed by atoms with Crippen molar-refractivity contribution in [3.8, 4) is 5.75 Å². The molecule has 0 aliphatic heterocycles. The highest BCUT2D eigenvalue weighted by Crippen LogP contribution is 2.20. The summed E-state index contributed by atoms with van der Waals surface area (Å²) in [6.45, 7) is 1.50. The van der Waals surface area contributed by atoms with E-state index in [1.54, 1.807) is 6.07 Å². The maximum atomic E-state index is 10.6. The Balaban J connectivity index is 2.24. The number of carboxylic acids is 1. The van der Waals surface area contributed by atoms with Gasteiger partial charge >= 0.3 is 5.97 Å². The average Bonchev–Trinajstić information content (AvgIpc) is 2.64. The molecule has 4 heteroatoms. The molecule has 1 atom stereocenters. The molecule has 15 heavy (non-hydrogen) atoms. The molecule has 1 unspecified atom stereocenters. The Hall–Kier alpha value is -1.97. The van der Waals surface area contributed by atoms with Crippen LogP contribution >= 0.6 is 0 Å². The van der Waals surface area contributed by atoms with Crippen LogP contribution < -0.4 is 4.74 Å². The lowest BCUT2D eigenvalue weighted by Gasteiger charge is -2.09. The van der Waals surface area contributed by atoms with Gasteiger partial charge in [-0.2, -0.15) is 0 Å². The number of aliphatic carboxylic acids is 1. The predicted molar refractivity (Wildman–Crippen MR) is 56.0 cm³/mol. The lowest BCUT2D eigenvalue weighted by atomic mass is 10.2. The number of carbonyl (C=O) groups is 1. The molecule has 1 aromatic heterocycles. The number of ether oxygens (including phenoxy) is 1. The smallest absolute Gasteiger partial charge is 0.344 e. The van der Waals surface area contributed by atoms with E-state index in [0.29, 0.717) is 5.75 Å². The number of rotatable bonds is 3. The zero-order valence-corrected chi connectivity index (χ0v) is 8.23. The fraction of sp³-hybridized carbons (Fsp3) is 0.182. The number of carboxylic acid groups (broad SMARTS) is 1. The molecule has 0 saturated heterocycles. The lowest BCUT2D eigenvalue weighted by molar-refractivity contribution is -0.144. The molecule has 1 heterocycles. The molecule has 0 spiro atoms. The summed E-state index contributed by atoms with van der Waals surface area (Å²) in [4.78, 5) is 13.6. The molecule has 0 aliphatic rings. The van der Waals surface area contributed by atoms with Gasteiger partial charge in [-0.25, -0.2) is 4.79 Å². The standard InChI is InChI=1S/C11H11NO3/c1-7(11(13)14)15-9-2-3-10-8(6-9)4-5-12-10/h2-7,12H,1H3,(H,13,14). The molecule has 4 nitrogen and oxygen atoms in total. The first-order chi connectivity index (χ1) is 7.16. The summed E-state index contributed by atoms with van der Waals surface area (Å²) in [7, 11) is 0. The highest BCUT2D eigenvalue weighted by atomic mass is 16.5. The van der Waals surface area contributed by atoms with E-state index in [-0.39, 0.29) is 0 Å². The number of aromatic nitrogens is 1. The van der Waals surface area contributed by atoms with Gasteiger partial charge in [0.1, 0.15) is 5.75 Å². The van der Waals surface area contributed by atoms with Crippen molar-refractivity contribution in [1.82, 2.24) is 4.98 Å². The Morgan fingerprint density at radius 2 is 2.27 bits per heavy atom. The van der Waals surface area contributed by atoms with Crippen LogP contribution in [0, 0.1) is 0 Å². The number of nitrogens with one attached hydrogen (secondary N) is 1. The first-order valence-corrected chi connectivity index (χ1v) is 4.63. The van der Waals surface area contributed by atoms with Gasteiger partial charge in [0, 0.05) is 17.1 Å². The van der Waals surface area contributed by atoms with E-state index < -0.39 is 12.1 Å². The fourth-order valence-corrected chi connectivity index (χ4v) is 1.36. The zero-order valence-electron chi connectivity index (χ0n) is 8.23. The summed E-state index contributed by atoms with van der Waals surface area (Å²) in [5.41, 5.74) is 1.00. The van der Waals surface area contributed by atoms with Crippen molar-refractivity contribution in [3.05, 3.63) is 30.5 Å². The van der Waals surface area contributed by atoms with Crippen LogP contribution in [0.25, 0.3) is 10.9 Å². The molecule has 2 aromatic rings. The Morgan fingerprint density at radius 3 is 3.00 bits per heavy atom. The van der Waals surface area contributed by atoms with Gasteiger partial charge in [0.15, 0.2) is 6.10 Å². The maximum Gasteiger partial charge on any atom is 0.344 e. The van der Waals surface area contributed by atoms with Crippen molar-refractivity contribution in [2.45, 2.75) is 13.0 Å². The number of benzene rings is 1. The molecular formula is C11H11NO3. The second-order valence-electron chi connectivity index (χ2n) is 3.33. The van der Waals surface area contributed by atoms with Gasteiger partial charge in [-0.3, -0.25) is 0 Å². The third-order valence-electron chi connectivity index (χ3n) is 2.19. The van der Waals surface area contributed by atoms with Crippen molar-refractivity contribution in [1.29, 1.82) is 0 Å². The van der Waals surface area contributed by atoms with E-state index in [2.05, 4.69) is 4.98 Å². The number of aromatic amines is 1. The van der Waals surface area contributed by atoms with Gasteiger partial charge < -0.3 is 14.8 Å². The minimum Gasteiger partial charge on any atom is -0.479 e. The van der Waals surface area contributed by atoms with Gasteiger partial charge in [0.25, 0.3) is 0 Å². The number of hydrogen-bond donors (Lipinski definition) is 2. The second-order valence-corrected chi connectivity index (χ2v) is 3.33. The Bertz CT molecular complexity index is 489. The number of H-pyrrole nitrogens is 1. The molecule has 0 aliphatic carbocycles. The Kier molecular flexibility index (Phi) is 2.33. The largest absolute Gasteiger partial charge is 0.479 e. The van der Waals surface area contributed by atoms with Crippen LogP contribution in [0.3, 0.4) is 0 Å². The number of hydrogen-bond acceptors (Lipinski definition) is 2. The van der Waals surface area contributed by atoms with Crippen LogP contribution in [-0.2, 0) is 4.79 Å². The summed E-state index contributed by atoms with van der Waals surface area (Å²) in [5.74, 6) is -0.402. The molecule has 78 valence electrons. The van der Waals surface area contributed by atoms with Crippen LogP contribution in [0.2, 0.25) is 0 Å². The molecule has 0 amide bonds. The van der Waals surface area contributed by atoms with Crippen molar-refractivity contribution in [2.24, 2.45) is 0 Å². The predicted octanol–water partition coefficient (Wildman–Crippen LogP) is 2.02. The van der Waals surface area contributed by atoms with Gasteiger partial charge in [-0.05, 0) is 31.2 Å². The van der Waals surface area contributed by atoms with Crippen molar-refractivity contribution < 1.29 is 14.6 Å². The van der Waals surface area contributed by atoms with Crippen LogP contribution in [0.4, 0.5) is 0 Å². The Morgan fingerprint density at radius 1 is 1.47 bits per heavy atom. The van der Waals surface area contributed by atoms with Gasteiger partial charge in [-0.15, -0.1) is 0 Å². The molecule has 1 aromatic carbocycles. The van der Waals surface area contributed by atoms with Crippen molar-refractivity contribution in [3.63, 3.8) is 0 Å². The van der Waals surface area contributed by atoms with E-state index in [9.17, 15) is 4.79 Å². The summed E-state index contributed by atoms with van der Waals surface area (Å²) < 4.78 is 5.24. The SMILES string of the molecule is CC(Oc1ccc2[nH]ccc2c1)C(=O)O.